The van der Waals surface area contributed by atoms with Gasteiger partial charge in [0.25, 0.3) is 0 Å². The highest BCUT2D eigenvalue weighted by Crippen LogP contribution is 2.45. The predicted octanol–water partition coefficient (Wildman–Crippen LogP) is 4.90. The van der Waals surface area contributed by atoms with Crippen LogP contribution in [-0.2, 0) is 0 Å². The molecule has 1 saturated carbocycles. The molecule has 3 heteroatoms. The van der Waals surface area contributed by atoms with E-state index in [2.05, 4.69) is 12.2 Å². The highest BCUT2D eigenvalue weighted by Gasteiger charge is 2.46. The normalized spacial score (nSPS) is 29.6. The van der Waals surface area contributed by atoms with Gasteiger partial charge >= 0.3 is 0 Å². The number of benzene rings is 1. The third kappa shape index (κ3) is 2.37. The van der Waals surface area contributed by atoms with Crippen molar-refractivity contribution in [1.29, 1.82) is 0 Å². The van der Waals surface area contributed by atoms with E-state index in [4.69, 9.17) is 11.6 Å². The van der Waals surface area contributed by atoms with E-state index in [1.165, 1.54) is 38.5 Å². The van der Waals surface area contributed by atoms with Crippen LogP contribution in [0.4, 0.5) is 4.39 Å². The first-order valence-corrected chi connectivity index (χ1v) is 8.21. The molecule has 1 heterocycles. The van der Waals surface area contributed by atoms with Crippen LogP contribution >= 0.6 is 11.6 Å². The van der Waals surface area contributed by atoms with Gasteiger partial charge in [0.1, 0.15) is 5.82 Å². The second-order valence-corrected chi connectivity index (χ2v) is 6.90. The molecule has 1 nitrogen and oxygen atoms in total. The predicted molar refractivity (Wildman–Crippen MR) is 81.8 cm³/mol. The molecule has 0 radical (unpaired) electrons. The van der Waals surface area contributed by atoms with Gasteiger partial charge in [-0.2, -0.15) is 0 Å². The summed E-state index contributed by atoms with van der Waals surface area (Å²) >= 11 is 5.95. The Kier molecular flexibility index (Phi) is 4.05. The van der Waals surface area contributed by atoms with Crippen LogP contribution in [0.5, 0.6) is 0 Å². The molecule has 1 spiro atoms. The summed E-state index contributed by atoms with van der Waals surface area (Å²) in [5.41, 5.74) is 1.01. The summed E-state index contributed by atoms with van der Waals surface area (Å²) in [5.74, 6) is 0.485. The minimum Gasteiger partial charge on any atom is -0.310 e. The number of halogens is 2. The summed E-state index contributed by atoms with van der Waals surface area (Å²) in [5, 5.41) is 3.99. The van der Waals surface area contributed by atoms with Gasteiger partial charge in [0.2, 0.25) is 0 Å². The lowest BCUT2D eigenvalue weighted by molar-refractivity contribution is 0.247. The van der Waals surface area contributed by atoms with E-state index in [1.807, 2.05) is 12.1 Å². The van der Waals surface area contributed by atoms with Gasteiger partial charge < -0.3 is 5.32 Å². The summed E-state index contributed by atoms with van der Waals surface area (Å²) in [7, 11) is 0. The van der Waals surface area contributed by atoms with Gasteiger partial charge in [0.05, 0.1) is 5.02 Å². The summed E-state index contributed by atoms with van der Waals surface area (Å²) in [6.07, 6.45) is 7.72. The maximum atomic E-state index is 14.3. The fourth-order valence-electron chi connectivity index (χ4n) is 4.21. The molecule has 2 aliphatic rings. The van der Waals surface area contributed by atoms with Gasteiger partial charge in [0, 0.05) is 18.0 Å². The number of rotatable bonds is 1. The van der Waals surface area contributed by atoms with E-state index in [0.717, 1.165) is 12.1 Å². The molecule has 1 aliphatic carbocycles. The van der Waals surface area contributed by atoms with Crippen LogP contribution in [0.25, 0.3) is 0 Å². The lowest BCUT2D eigenvalue weighted by Gasteiger charge is -2.34. The highest BCUT2D eigenvalue weighted by molar-refractivity contribution is 6.30. The Morgan fingerprint density at radius 2 is 1.90 bits per heavy atom. The van der Waals surface area contributed by atoms with Crippen molar-refractivity contribution < 1.29 is 4.39 Å². The molecular weight excluding hydrogens is 273 g/mol. The number of hydrogen-bond acceptors (Lipinski definition) is 1. The van der Waals surface area contributed by atoms with Gasteiger partial charge in [-0.3, -0.25) is 0 Å². The molecule has 1 aliphatic heterocycles. The van der Waals surface area contributed by atoms with E-state index in [9.17, 15) is 4.39 Å². The van der Waals surface area contributed by atoms with Gasteiger partial charge in [-0.25, -0.2) is 4.39 Å². The molecular formula is C17H23ClFN. The Balaban J connectivity index is 1.88. The third-order valence-corrected chi connectivity index (χ3v) is 5.82. The summed E-state index contributed by atoms with van der Waals surface area (Å²) in [4.78, 5) is 0. The van der Waals surface area contributed by atoms with E-state index in [-0.39, 0.29) is 22.3 Å². The smallest absolute Gasteiger partial charge is 0.145 e. The quantitative estimate of drug-likeness (QED) is 0.777. The molecule has 2 unspecified atom stereocenters. The van der Waals surface area contributed by atoms with Gasteiger partial charge in [0.15, 0.2) is 0 Å². The molecule has 1 aromatic carbocycles. The molecule has 1 aromatic rings. The first-order valence-electron chi connectivity index (χ1n) is 7.83. The van der Waals surface area contributed by atoms with Crippen LogP contribution in [0.2, 0.25) is 5.02 Å². The van der Waals surface area contributed by atoms with E-state index in [1.54, 1.807) is 6.07 Å². The van der Waals surface area contributed by atoms with Crippen molar-refractivity contribution in [3.8, 4) is 0 Å². The van der Waals surface area contributed by atoms with E-state index < -0.39 is 0 Å². The van der Waals surface area contributed by atoms with Crippen LogP contribution < -0.4 is 5.32 Å². The van der Waals surface area contributed by atoms with E-state index >= 15 is 0 Å². The Morgan fingerprint density at radius 1 is 1.20 bits per heavy atom. The van der Waals surface area contributed by atoms with Crippen molar-refractivity contribution >= 4 is 11.6 Å². The molecule has 1 N–H and O–H groups in total. The molecule has 20 heavy (non-hydrogen) atoms. The molecule has 110 valence electrons. The highest BCUT2D eigenvalue weighted by atomic mass is 35.5. The van der Waals surface area contributed by atoms with Crippen molar-refractivity contribution in [3.63, 3.8) is 0 Å². The minimum atomic E-state index is -0.224. The summed E-state index contributed by atoms with van der Waals surface area (Å²) < 4.78 is 14.3. The van der Waals surface area contributed by atoms with Crippen molar-refractivity contribution in [2.45, 2.75) is 56.9 Å². The summed E-state index contributed by atoms with van der Waals surface area (Å²) in [6.45, 7) is 3.16. The fraction of sp³-hybridized carbons (Fsp3) is 0.647. The zero-order chi connectivity index (χ0) is 14.2. The lowest BCUT2D eigenvalue weighted by atomic mass is 9.74. The Hall–Kier alpha value is -0.600. The van der Waals surface area contributed by atoms with Crippen LogP contribution in [0.15, 0.2) is 18.2 Å². The first kappa shape index (κ1) is 14.3. The molecule has 0 amide bonds. The lowest BCUT2D eigenvalue weighted by Crippen LogP contribution is -2.43. The maximum absolute atomic E-state index is 14.3. The average molecular weight is 296 g/mol. The largest absolute Gasteiger partial charge is 0.310 e. The molecule has 2 atom stereocenters. The number of nitrogens with one attached hydrogen (secondary N) is 1. The average Bonchev–Trinajstić information content (AvgIpc) is 2.64. The monoisotopic (exact) mass is 295 g/mol. The zero-order valence-electron chi connectivity index (χ0n) is 12.1. The van der Waals surface area contributed by atoms with Crippen molar-refractivity contribution in [1.82, 2.24) is 5.32 Å². The van der Waals surface area contributed by atoms with Crippen molar-refractivity contribution in [2.24, 2.45) is 5.92 Å². The zero-order valence-corrected chi connectivity index (χ0v) is 12.8. The minimum absolute atomic E-state index is 0.218. The van der Waals surface area contributed by atoms with Crippen LogP contribution in [0, 0.1) is 11.7 Å². The van der Waals surface area contributed by atoms with Gasteiger partial charge in [-0.05, 0) is 30.4 Å². The second-order valence-electron chi connectivity index (χ2n) is 6.49. The van der Waals surface area contributed by atoms with Crippen LogP contribution in [0.1, 0.15) is 56.9 Å². The van der Waals surface area contributed by atoms with Crippen LogP contribution in [-0.4, -0.2) is 12.1 Å². The van der Waals surface area contributed by atoms with E-state index in [0.29, 0.717) is 5.92 Å². The van der Waals surface area contributed by atoms with Gasteiger partial charge in [-0.1, -0.05) is 56.3 Å². The maximum Gasteiger partial charge on any atom is 0.145 e. The first-order chi connectivity index (χ1) is 9.64. The Morgan fingerprint density at radius 3 is 2.60 bits per heavy atom. The molecule has 3 rings (SSSR count). The molecule has 2 fully saturated rings. The van der Waals surface area contributed by atoms with Gasteiger partial charge in [-0.15, -0.1) is 0 Å². The Labute approximate surface area is 125 Å². The molecule has 1 saturated heterocycles. The van der Waals surface area contributed by atoms with Crippen LogP contribution in [0.3, 0.4) is 0 Å². The fourth-order valence-corrected chi connectivity index (χ4v) is 4.40. The topological polar surface area (TPSA) is 12.0 Å². The molecule has 0 aromatic heterocycles. The Bertz CT molecular complexity index is 480. The SMILES string of the molecule is CC1C(c2cccc(Cl)c2F)CNC12CCCCCC2. The van der Waals surface area contributed by atoms with Crippen molar-refractivity contribution in [2.75, 3.05) is 6.54 Å². The standard InChI is InChI=1S/C17H23ClFN/c1-12-14(13-7-6-8-15(18)16(13)19)11-20-17(12)9-4-2-3-5-10-17/h6-8,12,14,20H,2-5,9-11H2,1H3. The third-order valence-electron chi connectivity index (χ3n) is 5.53. The molecule has 0 bridgehead atoms. The number of hydrogen-bond donors (Lipinski definition) is 1. The summed E-state index contributed by atoms with van der Waals surface area (Å²) in [6, 6.07) is 5.40. The van der Waals surface area contributed by atoms with Crippen molar-refractivity contribution in [3.05, 3.63) is 34.6 Å². The second kappa shape index (κ2) is 5.65.